The molecule has 1 aromatic heterocycles. The van der Waals surface area contributed by atoms with Crippen LogP contribution in [0.5, 0.6) is 5.75 Å². The molecular weight excluding hydrogens is 425 g/mol. The van der Waals surface area contributed by atoms with Crippen LogP contribution < -0.4 is 4.74 Å². The Labute approximate surface area is 192 Å². The van der Waals surface area contributed by atoms with Gasteiger partial charge in [0.2, 0.25) is 0 Å². The van der Waals surface area contributed by atoms with E-state index in [1.54, 1.807) is 11.1 Å². The van der Waals surface area contributed by atoms with Gasteiger partial charge in [0.15, 0.2) is 0 Å². The van der Waals surface area contributed by atoms with E-state index in [0.717, 1.165) is 11.7 Å². The first-order valence-corrected chi connectivity index (χ1v) is 10.4. The van der Waals surface area contributed by atoms with Crippen molar-refractivity contribution in [2.24, 2.45) is 0 Å². The summed E-state index contributed by atoms with van der Waals surface area (Å²) >= 11 is 1.87. The third-order valence-electron chi connectivity index (χ3n) is 5.19. The summed E-state index contributed by atoms with van der Waals surface area (Å²) in [6.07, 6.45) is 3.93. The van der Waals surface area contributed by atoms with Crippen LogP contribution in [0.2, 0.25) is 0 Å². The maximum absolute atomic E-state index is 5.70. The molecule has 0 fully saturated rings. The molecule has 3 heteroatoms. The van der Waals surface area contributed by atoms with Crippen molar-refractivity contribution in [3.8, 4) is 26.6 Å². The average molecular weight is 450 g/mol. The molecule has 1 nitrogen and oxygen atoms in total. The first-order chi connectivity index (χ1) is 12.7. The standard InChI is InChI=1S/C24H25OS.Y/c1-4-17-10-13-21-20(17)6-5-7-22(21)24-15-14-23(26-24)18-8-11-19(12-9-18)25-16(2)3;/h5-9,11,14-17H,4,10,13H2,1-3H3;/q-1;/t17-;/m1./s1. The van der Waals surface area contributed by atoms with Gasteiger partial charge in [0, 0.05) is 43.3 Å². The van der Waals surface area contributed by atoms with Crippen LogP contribution in [-0.2, 0) is 39.1 Å². The number of benzene rings is 2. The fraction of sp³-hybridized carbons (Fsp3) is 0.333. The zero-order valence-electron chi connectivity index (χ0n) is 16.3. The fourth-order valence-electron chi connectivity index (χ4n) is 3.92. The summed E-state index contributed by atoms with van der Waals surface area (Å²) in [6, 6.07) is 20.8. The Hall–Kier alpha value is -0.956. The van der Waals surface area contributed by atoms with Crippen LogP contribution in [0, 0.1) is 6.07 Å². The summed E-state index contributed by atoms with van der Waals surface area (Å²) < 4.78 is 5.70. The number of hydrogen-bond acceptors (Lipinski definition) is 2. The molecule has 3 aromatic rings. The molecule has 0 N–H and O–H groups in total. The van der Waals surface area contributed by atoms with Crippen molar-refractivity contribution in [3.05, 3.63) is 65.7 Å². The van der Waals surface area contributed by atoms with Crippen LogP contribution in [0.15, 0.2) is 48.5 Å². The normalized spacial score (nSPS) is 15.5. The molecule has 1 aliphatic rings. The van der Waals surface area contributed by atoms with Gasteiger partial charge in [0.05, 0.1) is 6.10 Å². The molecule has 0 saturated carbocycles. The van der Waals surface area contributed by atoms with Gasteiger partial charge in [-0.3, -0.25) is 0 Å². The number of fused-ring (bicyclic) bond motifs is 1. The van der Waals surface area contributed by atoms with Crippen molar-refractivity contribution in [1.29, 1.82) is 0 Å². The summed E-state index contributed by atoms with van der Waals surface area (Å²) in [5, 5.41) is 0. The largest absolute Gasteiger partial charge is 0.517 e. The van der Waals surface area contributed by atoms with Gasteiger partial charge in [-0.15, -0.1) is 29.0 Å². The third-order valence-corrected chi connectivity index (χ3v) is 6.36. The van der Waals surface area contributed by atoms with Crippen molar-refractivity contribution >= 4 is 11.3 Å². The smallest absolute Gasteiger partial charge is 0.0899 e. The number of ether oxygens (including phenoxy) is 1. The minimum Gasteiger partial charge on any atom is -0.517 e. The van der Waals surface area contributed by atoms with E-state index in [1.165, 1.54) is 40.1 Å². The van der Waals surface area contributed by atoms with Gasteiger partial charge < -0.3 is 4.74 Å². The van der Waals surface area contributed by atoms with Crippen LogP contribution in [0.25, 0.3) is 20.9 Å². The Morgan fingerprint density at radius 1 is 1.11 bits per heavy atom. The van der Waals surface area contributed by atoms with Crippen molar-refractivity contribution < 1.29 is 37.4 Å². The Morgan fingerprint density at radius 3 is 2.63 bits per heavy atom. The summed E-state index contributed by atoms with van der Waals surface area (Å²) in [5.74, 6) is 1.56. The maximum Gasteiger partial charge on any atom is 0.0899 e. The summed E-state index contributed by atoms with van der Waals surface area (Å²) in [4.78, 5) is 2.66. The van der Waals surface area contributed by atoms with E-state index in [9.17, 15) is 0 Å². The van der Waals surface area contributed by atoms with Gasteiger partial charge in [-0.25, -0.2) is 0 Å². The van der Waals surface area contributed by atoms with Crippen LogP contribution in [0.4, 0.5) is 0 Å². The molecule has 0 saturated heterocycles. The van der Waals surface area contributed by atoms with E-state index in [4.69, 9.17) is 4.74 Å². The second kappa shape index (κ2) is 9.03. The van der Waals surface area contributed by atoms with Crippen LogP contribution in [0.3, 0.4) is 0 Å². The van der Waals surface area contributed by atoms with E-state index in [1.807, 2.05) is 37.3 Å². The minimum atomic E-state index is 0. The Kier molecular flexibility index (Phi) is 6.95. The van der Waals surface area contributed by atoms with E-state index in [2.05, 4.69) is 49.4 Å². The Morgan fingerprint density at radius 2 is 1.93 bits per heavy atom. The molecule has 0 unspecified atom stereocenters. The van der Waals surface area contributed by atoms with Gasteiger partial charge >= 0.3 is 0 Å². The zero-order chi connectivity index (χ0) is 18.1. The zero-order valence-corrected chi connectivity index (χ0v) is 19.9. The van der Waals surface area contributed by atoms with Gasteiger partial charge in [0.25, 0.3) is 0 Å². The van der Waals surface area contributed by atoms with E-state index < -0.39 is 0 Å². The molecule has 137 valence electrons. The van der Waals surface area contributed by atoms with Crippen molar-refractivity contribution in [3.63, 3.8) is 0 Å². The second-order valence-electron chi connectivity index (χ2n) is 7.29. The molecule has 0 spiro atoms. The number of rotatable bonds is 5. The summed E-state index contributed by atoms with van der Waals surface area (Å²) in [5.41, 5.74) is 5.78. The molecule has 0 amide bonds. The monoisotopic (exact) mass is 450 g/mol. The quantitative estimate of drug-likeness (QED) is 0.377. The second-order valence-corrected chi connectivity index (χ2v) is 8.37. The molecule has 1 atom stereocenters. The Balaban J connectivity index is 0.00000210. The van der Waals surface area contributed by atoms with Gasteiger partial charge in [-0.2, -0.15) is 12.1 Å². The molecule has 1 aliphatic carbocycles. The molecule has 2 aromatic carbocycles. The third kappa shape index (κ3) is 4.39. The maximum atomic E-state index is 5.70. The van der Waals surface area contributed by atoms with Crippen molar-refractivity contribution in [1.82, 2.24) is 0 Å². The van der Waals surface area contributed by atoms with Crippen molar-refractivity contribution in [2.45, 2.75) is 52.1 Å². The molecule has 1 heterocycles. The van der Waals surface area contributed by atoms with Crippen LogP contribution >= 0.6 is 11.3 Å². The van der Waals surface area contributed by atoms with E-state index in [-0.39, 0.29) is 38.8 Å². The van der Waals surface area contributed by atoms with Crippen LogP contribution in [0.1, 0.15) is 50.7 Å². The van der Waals surface area contributed by atoms with Gasteiger partial charge in [0.1, 0.15) is 0 Å². The van der Waals surface area contributed by atoms with Gasteiger partial charge in [-0.1, -0.05) is 31.2 Å². The molecule has 4 rings (SSSR count). The topological polar surface area (TPSA) is 9.23 Å². The van der Waals surface area contributed by atoms with Crippen LogP contribution in [-0.4, -0.2) is 6.10 Å². The predicted molar refractivity (Wildman–Crippen MR) is 111 cm³/mol. The van der Waals surface area contributed by atoms with E-state index >= 15 is 0 Å². The molecular formula is C24H25OSY-. The minimum absolute atomic E-state index is 0. The van der Waals surface area contributed by atoms with Gasteiger partial charge in [-0.05, 0) is 66.7 Å². The first-order valence-electron chi connectivity index (χ1n) is 9.56. The molecule has 0 aliphatic heterocycles. The molecule has 1 radical (unpaired) electrons. The number of hydrogen-bond donors (Lipinski definition) is 0. The Bertz CT molecular complexity index is 895. The summed E-state index contributed by atoms with van der Waals surface area (Å²) in [6.45, 7) is 6.38. The fourth-order valence-corrected chi connectivity index (χ4v) is 4.98. The molecule has 27 heavy (non-hydrogen) atoms. The summed E-state index contributed by atoms with van der Waals surface area (Å²) in [7, 11) is 0. The van der Waals surface area contributed by atoms with Crippen molar-refractivity contribution in [2.75, 3.05) is 0 Å². The average Bonchev–Trinajstić information content (AvgIpc) is 3.28. The SMILES string of the molecule is CC[C@@H]1CCc2c(-c3ccc(-c4c[c-]c(OC(C)C)cc4)s3)cccc21.[Y]. The predicted octanol–water partition coefficient (Wildman–Crippen LogP) is 7.11. The number of thiophene rings is 1. The molecule has 0 bridgehead atoms. The van der Waals surface area contributed by atoms with E-state index in [0.29, 0.717) is 0 Å². The first kappa shape index (κ1) is 20.8.